The molecule has 1 fully saturated rings. The van der Waals surface area contributed by atoms with Crippen LogP contribution in [-0.4, -0.2) is 39.6 Å². The summed E-state index contributed by atoms with van der Waals surface area (Å²) in [5.74, 6) is -0.471. The van der Waals surface area contributed by atoms with E-state index in [1.54, 1.807) is 6.92 Å². The van der Waals surface area contributed by atoms with Crippen molar-refractivity contribution in [3.63, 3.8) is 0 Å². The average Bonchev–Trinajstić information content (AvgIpc) is 3.38. The Bertz CT molecular complexity index is 1420. The predicted octanol–water partition coefficient (Wildman–Crippen LogP) is 7.13. The second-order valence-electron chi connectivity index (χ2n) is 8.77. The lowest BCUT2D eigenvalue weighted by atomic mass is 10.1. The largest absolute Gasteiger partial charge is 0.488 e. The first-order valence-corrected chi connectivity index (χ1v) is 14.3. The molecule has 1 saturated heterocycles. The van der Waals surface area contributed by atoms with Gasteiger partial charge >= 0.3 is 12.4 Å². The molecule has 1 aromatic heterocycles. The summed E-state index contributed by atoms with van der Waals surface area (Å²) in [6.07, 6.45) is -9.15. The summed E-state index contributed by atoms with van der Waals surface area (Å²) in [7, 11) is -2.39. The van der Waals surface area contributed by atoms with E-state index in [0.29, 0.717) is 29.3 Å². The number of likely N-dealkylation sites (N-methyl/N-ethyl adjacent to an activating group) is 1. The molecular weight excluding hydrogens is 574 g/mol. The molecule has 1 N–H and O–H groups in total. The number of alkyl halides is 6. The Morgan fingerprint density at radius 1 is 1.05 bits per heavy atom. The molecule has 2 heterocycles. The predicted molar refractivity (Wildman–Crippen MR) is 133 cm³/mol. The fourth-order valence-corrected chi connectivity index (χ4v) is 7.78. The maximum atomic E-state index is 13.6. The zero-order valence-electron chi connectivity index (χ0n) is 20.0. The number of anilines is 1. The molecule has 0 amide bonds. The summed E-state index contributed by atoms with van der Waals surface area (Å²) in [5, 5.41) is 0. The van der Waals surface area contributed by atoms with Gasteiger partial charge in [-0.05, 0) is 62.4 Å². The van der Waals surface area contributed by atoms with Crippen molar-refractivity contribution in [3.05, 3.63) is 65.2 Å². The van der Waals surface area contributed by atoms with E-state index in [-0.39, 0.29) is 14.8 Å². The van der Waals surface area contributed by atoms with E-state index in [4.69, 9.17) is 4.74 Å². The maximum Gasteiger partial charge on any atom is 0.419 e. The maximum absolute atomic E-state index is 13.6. The first kappa shape index (κ1) is 28.6. The SMILES string of the molecule is Cc1cc(S(=O)(=O)Nc2ccc(C(F)(F)F)c(O[C@@H]3CCN(C)C3)c2)sc1Sc1cccc(C(F)(F)F)c1. The third kappa shape index (κ3) is 6.77. The number of aryl methyl sites for hydroxylation is 1. The third-order valence-electron chi connectivity index (χ3n) is 5.67. The minimum absolute atomic E-state index is 0.113. The molecule has 0 aliphatic carbocycles. The lowest BCUT2D eigenvalue weighted by Crippen LogP contribution is -2.23. The van der Waals surface area contributed by atoms with E-state index < -0.39 is 45.4 Å². The zero-order chi connectivity index (χ0) is 27.9. The molecule has 2 aromatic carbocycles. The van der Waals surface area contributed by atoms with Crippen LogP contribution < -0.4 is 9.46 Å². The van der Waals surface area contributed by atoms with Gasteiger partial charge in [0.2, 0.25) is 0 Å². The van der Waals surface area contributed by atoms with Crippen LogP contribution in [0.1, 0.15) is 23.1 Å². The van der Waals surface area contributed by atoms with Gasteiger partial charge < -0.3 is 9.64 Å². The molecule has 3 aromatic rings. The molecule has 0 bridgehead atoms. The van der Waals surface area contributed by atoms with Gasteiger partial charge in [0.25, 0.3) is 10.0 Å². The number of hydrogen-bond acceptors (Lipinski definition) is 6. The van der Waals surface area contributed by atoms with E-state index >= 15 is 0 Å². The van der Waals surface area contributed by atoms with Gasteiger partial charge in [0.1, 0.15) is 16.1 Å². The Labute approximate surface area is 223 Å². The quantitative estimate of drug-likeness (QED) is 0.294. The van der Waals surface area contributed by atoms with Crippen molar-refractivity contribution >= 4 is 38.8 Å². The summed E-state index contributed by atoms with van der Waals surface area (Å²) >= 11 is 1.84. The Hall–Kier alpha value is -2.42. The number of nitrogens with zero attached hydrogens (tertiary/aromatic N) is 1. The monoisotopic (exact) mass is 596 g/mol. The Kier molecular flexibility index (Phi) is 7.99. The van der Waals surface area contributed by atoms with E-state index in [1.165, 1.54) is 18.2 Å². The van der Waals surface area contributed by atoms with E-state index in [9.17, 15) is 34.8 Å². The molecule has 0 saturated carbocycles. The summed E-state index contributed by atoms with van der Waals surface area (Å²) < 4.78 is 114. The minimum atomic E-state index is -4.70. The highest BCUT2D eigenvalue weighted by Gasteiger charge is 2.36. The first-order chi connectivity index (χ1) is 17.6. The average molecular weight is 597 g/mol. The summed E-state index contributed by atoms with van der Waals surface area (Å²) in [6.45, 7) is 2.72. The molecule has 0 radical (unpaired) electrons. The molecule has 0 unspecified atom stereocenters. The number of likely N-dealkylation sites (tertiary alicyclic amines) is 1. The van der Waals surface area contributed by atoms with Crippen molar-refractivity contribution in [3.8, 4) is 5.75 Å². The van der Waals surface area contributed by atoms with Gasteiger partial charge in [0, 0.05) is 24.1 Å². The van der Waals surface area contributed by atoms with Crippen molar-refractivity contribution < 1.29 is 39.5 Å². The molecule has 0 spiro atoms. The molecular formula is C24H22F6N2O3S3. The number of benzene rings is 2. The van der Waals surface area contributed by atoms with E-state index in [2.05, 4.69) is 4.72 Å². The number of thiophene rings is 1. The summed E-state index contributed by atoms with van der Waals surface area (Å²) in [4.78, 5) is 2.20. The molecule has 206 valence electrons. The molecule has 5 nitrogen and oxygen atoms in total. The second kappa shape index (κ2) is 10.6. The number of rotatable bonds is 7. The molecule has 1 atom stereocenters. The molecule has 14 heteroatoms. The van der Waals surface area contributed by atoms with Crippen LogP contribution in [0.4, 0.5) is 32.0 Å². The summed E-state index contributed by atoms with van der Waals surface area (Å²) in [6, 6.07) is 8.81. The molecule has 4 rings (SSSR count). The van der Waals surface area contributed by atoms with Crippen LogP contribution in [0.3, 0.4) is 0 Å². The van der Waals surface area contributed by atoms with Gasteiger partial charge in [-0.25, -0.2) is 8.42 Å². The van der Waals surface area contributed by atoms with Crippen molar-refractivity contribution in [1.29, 1.82) is 0 Å². The molecule has 1 aliphatic rings. The highest BCUT2D eigenvalue weighted by Crippen LogP contribution is 2.42. The van der Waals surface area contributed by atoms with Crippen LogP contribution in [-0.2, 0) is 22.4 Å². The number of ether oxygens (including phenoxy) is 1. The van der Waals surface area contributed by atoms with Crippen LogP contribution in [0.25, 0.3) is 0 Å². The van der Waals surface area contributed by atoms with Crippen LogP contribution in [0, 0.1) is 6.92 Å². The number of halogens is 6. The van der Waals surface area contributed by atoms with Crippen LogP contribution in [0.15, 0.2) is 61.8 Å². The topological polar surface area (TPSA) is 58.6 Å². The molecule has 1 aliphatic heterocycles. The van der Waals surface area contributed by atoms with Crippen LogP contribution in [0.5, 0.6) is 5.75 Å². The van der Waals surface area contributed by atoms with Crippen LogP contribution in [0.2, 0.25) is 0 Å². The lowest BCUT2D eigenvalue weighted by molar-refractivity contribution is -0.139. The highest BCUT2D eigenvalue weighted by atomic mass is 32.3. The molecule has 38 heavy (non-hydrogen) atoms. The first-order valence-electron chi connectivity index (χ1n) is 11.2. The van der Waals surface area contributed by atoms with Gasteiger partial charge in [0.15, 0.2) is 0 Å². The summed E-state index contributed by atoms with van der Waals surface area (Å²) in [5.41, 5.74) is -1.42. The fraction of sp³-hybridized carbons (Fsp3) is 0.333. The van der Waals surface area contributed by atoms with Gasteiger partial charge in [-0.1, -0.05) is 17.8 Å². The third-order valence-corrected chi connectivity index (χ3v) is 10.1. The minimum Gasteiger partial charge on any atom is -0.488 e. The highest BCUT2D eigenvalue weighted by molar-refractivity contribution is 8.02. The number of sulfonamides is 1. The zero-order valence-corrected chi connectivity index (χ0v) is 22.4. The van der Waals surface area contributed by atoms with Crippen molar-refractivity contribution in [1.82, 2.24) is 4.90 Å². The van der Waals surface area contributed by atoms with Gasteiger partial charge in [-0.15, -0.1) is 11.3 Å². The van der Waals surface area contributed by atoms with E-state index in [0.717, 1.165) is 53.4 Å². The number of nitrogens with one attached hydrogen (secondary N) is 1. The van der Waals surface area contributed by atoms with Gasteiger partial charge in [-0.2, -0.15) is 26.3 Å². The van der Waals surface area contributed by atoms with E-state index in [1.807, 2.05) is 11.9 Å². The standard InChI is InChI=1S/C24H22F6N2O3S3/c1-14-10-21(37-22(14)36-18-5-3-4-15(11-18)23(25,26)27)38(33,34)31-16-6-7-19(24(28,29)30)20(12-16)35-17-8-9-32(2)13-17/h3-7,10-12,17,31H,8-9,13H2,1-2H3/t17-/m1/s1. The van der Waals surface area contributed by atoms with Gasteiger partial charge in [-0.3, -0.25) is 4.72 Å². The van der Waals surface area contributed by atoms with Crippen molar-refractivity contribution in [2.45, 2.75) is 45.1 Å². The Morgan fingerprint density at radius 2 is 1.79 bits per heavy atom. The second-order valence-corrected chi connectivity index (χ2v) is 13.1. The lowest BCUT2D eigenvalue weighted by Gasteiger charge is -2.19. The van der Waals surface area contributed by atoms with Gasteiger partial charge in [0.05, 0.1) is 21.0 Å². The van der Waals surface area contributed by atoms with Crippen molar-refractivity contribution in [2.75, 3.05) is 24.9 Å². The Balaban J connectivity index is 1.57. The fourth-order valence-electron chi connectivity index (χ4n) is 3.81. The van der Waals surface area contributed by atoms with Crippen molar-refractivity contribution in [2.24, 2.45) is 0 Å². The van der Waals surface area contributed by atoms with Crippen LogP contribution >= 0.6 is 23.1 Å². The Morgan fingerprint density at radius 3 is 2.42 bits per heavy atom. The smallest absolute Gasteiger partial charge is 0.419 e. The number of hydrogen-bond donors (Lipinski definition) is 1. The normalized spacial score (nSPS) is 17.1.